The summed E-state index contributed by atoms with van der Waals surface area (Å²) in [7, 11) is 0. The number of hydrogen-bond donors (Lipinski definition) is 1. The van der Waals surface area contributed by atoms with Crippen molar-refractivity contribution in [3.05, 3.63) is 76.6 Å². The Kier molecular flexibility index (Phi) is 6.08. The zero-order valence-corrected chi connectivity index (χ0v) is 19.1. The molecule has 0 radical (unpaired) electrons. The van der Waals surface area contributed by atoms with Gasteiger partial charge in [0.25, 0.3) is 5.91 Å². The smallest absolute Gasteiger partial charge is 0.329 e. The number of imide groups is 1. The average molecular weight is 479 g/mol. The highest BCUT2D eigenvalue weighted by Gasteiger charge is 2.34. The number of carbonyl (C=O) groups excluding carboxylic acids is 3. The second-order valence-electron chi connectivity index (χ2n) is 8.19. The molecule has 0 bridgehead atoms. The largest absolute Gasteiger partial charge is 0.378 e. The van der Waals surface area contributed by atoms with Crippen LogP contribution in [0.15, 0.2) is 60.4 Å². The van der Waals surface area contributed by atoms with Crippen molar-refractivity contribution in [1.82, 2.24) is 19.7 Å². The van der Waals surface area contributed by atoms with Crippen molar-refractivity contribution in [1.29, 1.82) is 0 Å². The van der Waals surface area contributed by atoms with Gasteiger partial charge in [0.05, 0.1) is 19.8 Å². The van der Waals surface area contributed by atoms with E-state index in [-0.39, 0.29) is 24.7 Å². The third-order valence-corrected chi connectivity index (χ3v) is 6.41. The van der Waals surface area contributed by atoms with Crippen LogP contribution in [-0.2, 0) is 27.4 Å². The van der Waals surface area contributed by atoms with Crippen LogP contribution in [0, 0.1) is 0 Å². The molecule has 0 spiro atoms. The van der Waals surface area contributed by atoms with Crippen LogP contribution >= 0.6 is 11.6 Å². The monoisotopic (exact) mass is 478 g/mol. The van der Waals surface area contributed by atoms with Gasteiger partial charge < -0.3 is 19.5 Å². The van der Waals surface area contributed by atoms with Crippen molar-refractivity contribution in [2.45, 2.75) is 13.1 Å². The van der Waals surface area contributed by atoms with E-state index in [4.69, 9.17) is 16.3 Å². The Morgan fingerprint density at radius 1 is 1.06 bits per heavy atom. The van der Waals surface area contributed by atoms with Gasteiger partial charge in [0.15, 0.2) is 0 Å². The lowest BCUT2D eigenvalue weighted by molar-refractivity contribution is -0.135. The van der Waals surface area contributed by atoms with Crippen molar-refractivity contribution in [3.63, 3.8) is 0 Å². The van der Waals surface area contributed by atoms with Crippen molar-refractivity contribution in [2.75, 3.05) is 26.3 Å². The van der Waals surface area contributed by atoms with E-state index in [1.165, 1.54) is 0 Å². The summed E-state index contributed by atoms with van der Waals surface area (Å²) in [4.78, 5) is 41.3. The number of nitrogens with one attached hydrogen (secondary N) is 1. The molecule has 34 heavy (non-hydrogen) atoms. The Hall–Kier alpha value is -3.62. The van der Waals surface area contributed by atoms with Crippen LogP contribution in [0.25, 0.3) is 17.0 Å². The van der Waals surface area contributed by atoms with Crippen molar-refractivity contribution in [3.8, 4) is 0 Å². The van der Waals surface area contributed by atoms with E-state index in [1.807, 2.05) is 41.1 Å². The van der Waals surface area contributed by atoms with Gasteiger partial charge in [-0.25, -0.2) is 4.79 Å². The molecule has 1 aromatic heterocycles. The van der Waals surface area contributed by atoms with E-state index in [0.717, 1.165) is 21.4 Å². The summed E-state index contributed by atoms with van der Waals surface area (Å²) < 4.78 is 7.21. The number of carbonyl (C=O) groups is 3. The number of urea groups is 1. The summed E-state index contributed by atoms with van der Waals surface area (Å²) >= 11 is 6.21. The number of fused-ring (bicyclic) bond motifs is 1. The van der Waals surface area contributed by atoms with Crippen LogP contribution in [0.3, 0.4) is 0 Å². The molecule has 5 rings (SSSR count). The van der Waals surface area contributed by atoms with Crippen LogP contribution in [0.5, 0.6) is 0 Å². The van der Waals surface area contributed by atoms with Crippen LogP contribution in [0.4, 0.5) is 4.79 Å². The standard InChI is InChI=1S/C25H23ClN4O4/c26-20-7-3-1-5-17(20)15-30-24(32)21(27-25(30)33)13-18-14-29(22-8-4-2-6-19(18)22)16-23(31)28-9-11-34-12-10-28/h1-8,13-14H,9-12,15-16H2,(H,27,33)/b21-13+. The number of rotatable bonds is 5. The molecule has 4 amide bonds. The van der Waals surface area contributed by atoms with E-state index in [0.29, 0.717) is 36.9 Å². The Morgan fingerprint density at radius 2 is 1.79 bits per heavy atom. The first kappa shape index (κ1) is 22.2. The van der Waals surface area contributed by atoms with Gasteiger partial charge in [-0.05, 0) is 23.8 Å². The van der Waals surface area contributed by atoms with Crippen molar-refractivity contribution >= 4 is 46.4 Å². The van der Waals surface area contributed by atoms with Crippen LogP contribution < -0.4 is 5.32 Å². The molecular formula is C25H23ClN4O4. The molecule has 0 saturated carbocycles. The van der Waals surface area contributed by atoms with Gasteiger partial charge >= 0.3 is 6.03 Å². The molecule has 3 heterocycles. The molecule has 2 aliphatic rings. The normalized spacial score (nSPS) is 17.6. The van der Waals surface area contributed by atoms with Gasteiger partial charge in [-0.3, -0.25) is 14.5 Å². The highest BCUT2D eigenvalue weighted by Crippen LogP contribution is 2.26. The number of ether oxygens (including phenoxy) is 1. The third kappa shape index (κ3) is 4.30. The molecule has 174 valence electrons. The predicted molar refractivity (Wildman–Crippen MR) is 128 cm³/mol. The molecular weight excluding hydrogens is 456 g/mol. The molecule has 2 saturated heterocycles. The Bertz CT molecular complexity index is 1310. The average Bonchev–Trinajstić information content (AvgIpc) is 3.33. The Morgan fingerprint density at radius 3 is 2.59 bits per heavy atom. The van der Waals surface area contributed by atoms with Gasteiger partial charge in [-0.1, -0.05) is 48.0 Å². The maximum Gasteiger partial charge on any atom is 0.329 e. The van der Waals surface area contributed by atoms with E-state index >= 15 is 0 Å². The van der Waals surface area contributed by atoms with E-state index in [2.05, 4.69) is 5.32 Å². The number of nitrogens with zero attached hydrogens (tertiary/aromatic N) is 3. The number of halogens is 1. The number of hydrogen-bond acceptors (Lipinski definition) is 4. The summed E-state index contributed by atoms with van der Waals surface area (Å²) in [6, 6.07) is 14.3. The van der Waals surface area contributed by atoms with Crippen LogP contribution in [0.1, 0.15) is 11.1 Å². The maximum atomic E-state index is 13.0. The fourth-order valence-corrected chi connectivity index (χ4v) is 4.44. The maximum absolute atomic E-state index is 13.0. The Balaban J connectivity index is 1.41. The fraction of sp³-hybridized carbons (Fsp3) is 0.240. The topological polar surface area (TPSA) is 83.9 Å². The lowest BCUT2D eigenvalue weighted by atomic mass is 10.1. The van der Waals surface area contributed by atoms with E-state index in [9.17, 15) is 14.4 Å². The van der Waals surface area contributed by atoms with Gasteiger partial charge in [0, 0.05) is 40.8 Å². The molecule has 9 heteroatoms. The minimum Gasteiger partial charge on any atom is -0.378 e. The highest BCUT2D eigenvalue weighted by atomic mass is 35.5. The number of para-hydroxylation sites is 1. The van der Waals surface area contributed by atoms with Gasteiger partial charge in [-0.2, -0.15) is 0 Å². The van der Waals surface area contributed by atoms with Crippen molar-refractivity contribution in [2.24, 2.45) is 0 Å². The second kappa shape index (κ2) is 9.32. The lowest BCUT2D eigenvalue weighted by Crippen LogP contribution is -2.42. The van der Waals surface area contributed by atoms with E-state index < -0.39 is 11.9 Å². The van der Waals surface area contributed by atoms with Gasteiger partial charge in [-0.15, -0.1) is 0 Å². The zero-order valence-electron chi connectivity index (χ0n) is 18.4. The molecule has 3 aromatic rings. The number of benzene rings is 2. The second-order valence-corrected chi connectivity index (χ2v) is 8.60. The molecule has 8 nitrogen and oxygen atoms in total. The molecule has 2 aromatic carbocycles. The molecule has 2 aliphatic heterocycles. The summed E-state index contributed by atoms with van der Waals surface area (Å²) in [6.45, 7) is 2.51. The highest BCUT2D eigenvalue weighted by molar-refractivity contribution is 6.31. The first-order valence-corrected chi connectivity index (χ1v) is 11.4. The SMILES string of the molecule is O=C(Cn1cc(/C=C2/NC(=O)N(Cc3ccccc3Cl)C2=O)c2ccccc21)N1CCOCC1. The van der Waals surface area contributed by atoms with Gasteiger partial charge in [0.2, 0.25) is 5.91 Å². The number of morpholine rings is 1. The third-order valence-electron chi connectivity index (χ3n) is 6.04. The predicted octanol–water partition coefficient (Wildman–Crippen LogP) is 3.25. The zero-order chi connectivity index (χ0) is 23.7. The summed E-state index contributed by atoms with van der Waals surface area (Å²) in [5.74, 6) is -0.412. The lowest BCUT2D eigenvalue weighted by Gasteiger charge is -2.27. The first-order chi connectivity index (χ1) is 16.5. The molecule has 0 atom stereocenters. The molecule has 2 fully saturated rings. The fourth-order valence-electron chi connectivity index (χ4n) is 4.25. The molecule has 0 aliphatic carbocycles. The summed E-state index contributed by atoms with van der Waals surface area (Å²) in [5, 5.41) is 4.05. The van der Waals surface area contributed by atoms with Crippen LogP contribution in [-0.4, -0.2) is 58.5 Å². The first-order valence-electron chi connectivity index (χ1n) is 11.0. The molecule has 1 N–H and O–H groups in total. The minimum absolute atomic E-state index is 0.0133. The summed E-state index contributed by atoms with van der Waals surface area (Å²) in [5.41, 5.74) is 2.49. The number of amides is 4. The van der Waals surface area contributed by atoms with Crippen molar-refractivity contribution < 1.29 is 19.1 Å². The quantitative estimate of drug-likeness (QED) is 0.450. The van der Waals surface area contributed by atoms with Crippen LogP contribution in [0.2, 0.25) is 5.02 Å². The summed E-state index contributed by atoms with van der Waals surface area (Å²) in [6.07, 6.45) is 3.50. The molecule has 0 unspecified atom stereocenters. The Labute approximate surface area is 201 Å². The van der Waals surface area contributed by atoms with E-state index in [1.54, 1.807) is 29.2 Å². The van der Waals surface area contributed by atoms with Gasteiger partial charge in [0.1, 0.15) is 12.2 Å². The number of aromatic nitrogens is 1. The minimum atomic E-state index is -0.498.